The van der Waals surface area contributed by atoms with Gasteiger partial charge in [-0.1, -0.05) is 18.2 Å². The molecular formula is C16H18FNO. The van der Waals surface area contributed by atoms with Gasteiger partial charge < -0.3 is 10.1 Å². The predicted octanol–water partition coefficient (Wildman–Crippen LogP) is 3.93. The summed E-state index contributed by atoms with van der Waals surface area (Å²) in [5.41, 5.74) is 3.58. The average Bonchev–Trinajstić information content (AvgIpc) is 2.40. The number of hydrogen-bond donors (Lipinski definition) is 1. The molecule has 0 radical (unpaired) electrons. The summed E-state index contributed by atoms with van der Waals surface area (Å²) in [6, 6.07) is 12.6. The van der Waals surface area contributed by atoms with Gasteiger partial charge in [-0.25, -0.2) is 4.39 Å². The third-order valence-corrected chi connectivity index (χ3v) is 3.03. The molecule has 0 bridgehead atoms. The number of anilines is 1. The normalized spacial score (nSPS) is 10.3. The van der Waals surface area contributed by atoms with Gasteiger partial charge in [0, 0.05) is 12.2 Å². The van der Waals surface area contributed by atoms with Crippen LogP contribution in [0.25, 0.3) is 0 Å². The highest BCUT2D eigenvalue weighted by molar-refractivity contribution is 5.48. The molecule has 3 heteroatoms. The first kappa shape index (κ1) is 13.4. The SMILES string of the molecule is Cc1ccc(NCCOc2ccccc2F)cc1C. The fourth-order valence-corrected chi connectivity index (χ4v) is 1.77. The second-order valence-electron chi connectivity index (χ2n) is 4.50. The predicted molar refractivity (Wildman–Crippen MR) is 76.3 cm³/mol. The van der Waals surface area contributed by atoms with Crippen LogP contribution >= 0.6 is 0 Å². The lowest BCUT2D eigenvalue weighted by molar-refractivity contribution is 0.315. The van der Waals surface area contributed by atoms with Gasteiger partial charge in [-0.05, 0) is 49.2 Å². The van der Waals surface area contributed by atoms with Crippen LogP contribution in [0.3, 0.4) is 0 Å². The van der Waals surface area contributed by atoms with Crippen LogP contribution in [0.2, 0.25) is 0 Å². The molecule has 0 aliphatic carbocycles. The Balaban J connectivity index is 1.81. The summed E-state index contributed by atoms with van der Waals surface area (Å²) in [5, 5.41) is 3.25. The first-order chi connectivity index (χ1) is 9.16. The molecule has 0 spiro atoms. The van der Waals surface area contributed by atoms with Crippen molar-refractivity contribution in [2.45, 2.75) is 13.8 Å². The first-order valence-electron chi connectivity index (χ1n) is 6.35. The van der Waals surface area contributed by atoms with E-state index in [9.17, 15) is 4.39 Å². The Morgan fingerprint density at radius 2 is 1.84 bits per heavy atom. The number of halogens is 1. The van der Waals surface area contributed by atoms with Crippen LogP contribution in [-0.2, 0) is 0 Å². The van der Waals surface area contributed by atoms with Gasteiger partial charge in [0.05, 0.1) is 0 Å². The first-order valence-corrected chi connectivity index (χ1v) is 6.35. The van der Waals surface area contributed by atoms with Gasteiger partial charge in [-0.2, -0.15) is 0 Å². The minimum Gasteiger partial charge on any atom is -0.489 e. The summed E-state index contributed by atoms with van der Waals surface area (Å²) in [6.45, 7) is 5.22. The zero-order valence-electron chi connectivity index (χ0n) is 11.2. The van der Waals surface area contributed by atoms with Gasteiger partial charge in [-0.3, -0.25) is 0 Å². The van der Waals surface area contributed by atoms with Gasteiger partial charge in [0.2, 0.25) is 0 Å². The van der Waals surface area contributed by atoms with Crippen molar-refractivity contribution in [1.82, 2.24) is 0 Å². The highest BCUT2D eigenvalue weighted by atomic mass is 19.1. The largest absolute Gasteiger partial charge is 0.489 e. The molecule has 2 aromatic rings. The Kier molecular flexibility index (Phi) is 4.39. The molecule has 0 atom stereocenters. The lowest BCUT2D eigenvalue weighted by Gasteiger charge is -2.10. The minimum atomic E-state index is -0.325. The molecule has 1 N–H and O–H groups in total. The zero-order chi connectivity index (χ0) is 13.7. The molecular weight excluding hydrogens is 241 g/mol. The van der Waals surface area contributed by atoms with Crippen molar-refractivity contribution in [2.75, 3.05) is 18.5 Å². The fraction of sp³-hybridized carbons (Fsp3) is 0.250. The zero-order valence-corrected chi connectivity index (χ0v) is 11.2. The van der Waals surface area contributed by atoms with E-state index in [1.165, 1.54) is 17.2 Å². The van der Waals surface area contributed by atoms with Crippen LogP contribution in [0.15, 0.2) is 42.5 Å². The van der Waals surface area contributed by atoms with E-state index < -0.39 is 0 Å². The number of benzene rings is 2. The van der Waals surface area contributed by atoms with Gasteiger partial charge in [0.25, 0.3) is 0 Å². The highest BCUT2D eigenvalue weighted by Crippen LogP contribution is 2.16. The third kappa shape index (κ3) is 3.71. The maximum absolute atomic E-state index is 13.3. The van der Waals surface area contributed by atoms with Crippen LogP contribution in [0.4, 0.5) is 10.1 Å². The summed E-state index contributed by atoms with van der Waals surface area (Å²) in [6.07, 6.45) is 0. The number of rotatable bonds is 5. The van der Waals surface area contributed by atoms with Crippen LogP contribution in [0.5, 0.6) is 5.75 Å². The molecule has 100 valence electrons. The molecule has 0 fully saturated rings. The topological polar surface area (TPSA) is 21.3 Å². The molecule has 0 amide bonds. The van der Waals surface area contributed by atoms with Crippen LogP contribution in [-0.4, -0.2) is 13.2 Å². The maximum Gasteiger partial charge on any atom is 0.165 e. The van der Waals surface area contributed by atoms with E-state index in [-0.39, 0.29) is 5.82 Å². The van der Waals surface area contributed by atoms with E-state index in [1.54, 1.807) is 18.2 Å². The molecule has 0 aliphatic heterocycles. The Bertz CT molecular complexity index is 554. The number of hydrogen-bond acceptors (Lipinski definition) is 2. The molecule has 0 saturated carbocycles. The van der Waals surface area contributed by atoms with Gasteiger partial charge in [0.1, 0.15) is 6.61 Å². The average molecular weight is 259 g/mol. The summed E-state index contributed by atoms with van der Waals surface area (Å²) in [7, 11) is 0. The van der Waals surface area contributed by atoms with E-state index >= 15 is 0 Å². The highest BCUT2D eigenvalue weighted by Gasteiger charge is 2.01. The number of aryl methyl sites for hydroxylation is 2. The number of ether oxygens (including phenoxy) is 1. The van der Waals surface area contributed by atoms with E-state index in [0.717, 1.165) is 5.69 Å². The number of nitrogens with one attached hydrogen (secondary N) is 1. The standard InChI is InChI=1S/C16H18FNO/c1-12-7-8-14(11-13(12)2)18-9-10-19-16-6-4-3-5-15(16)17/h3-8,11,18H,9-10H2,1-2H3. The van der Waals surface area contributed by atoms with Crippen molar-refractivity contribution in [3.05, 3.63) is 59.4 Å². The quantitative estimate of drug-likeness (QED) is 0.821. The Morgan fingerprint density at radius 3 is 2.58 bits per heavy atom. The molecule has 0 heterocycles. The van der Waals surface area contributed by atoms with Crippen molar-refractivity contribution in [3.8, 4) is 5.75 Å². The molecule has 0 aliphatic rings. The summed E-state index contributed by atoms with van der Waals surface area (Å²) in [5.74, 6) is -0.0296. The lowest BCUT2D eigenvalue weighted by atomic mass is 10.1. The van der Waals surface area contributed by atoms with Crippen LogP contribution < -0.4 is 10.1 Å². The molecule has 0 saturated heterocycles. The lowest BCUT2D eigenvalue weighted by Crippen LogP contribution is -2.12. The maximum atomic E-state index is 13.3. The minimum absolute atomic E-state index is 0.296. The van der Waals surface area contributed by atoms with Crippen molar-refractivity contribution in [1.29, 1.82) is 0 Å². The van der Waals surface area contributed by atoms with E-state index in [2.05, 4.69) is 31.3 Å². The second-order valence-corrected chi connectivity index (χ2v) is 4.50. The smallest absolute Gasteiger partial charge is 0.165 e. The van der Waals surface area contributed by atoms with Gasteiger partial charge in [0.15, 0.2) is 11.6 Å². The fourth-order valence-electron chi connectivity index (χ4n) is 1.77. The summed E-state index contributed by atoms with van der Waals surface area (Å²) in [4.78, 5) is 0. The third-order valence-electron chi connectivity index (χ3n) is 3.03. The van der Waals surface area contributed by atoms with Crippen molar-refractivity contribution >= 4 is 5.69 Å². The van der Waals surface area contributed by atoms with E-state index in [1.807, 2.05) is 6.07 Å². The van der Waals surface area contributed by atoms with Gasteiger partial charge >= 0.3 is 0 Å². The van der Waals surface area contributed by atoms with Crippen molar-refractivity contribution in [2.24, 2.45) is 0 Å². The number of para-hydroxylation sites is 1. The van der Waals surface area contributed by atoms with Crippen molar-refractivity contribution in [3.63, 3.8) is 0 Å². The van der Waals surface area contributed by atoms with E-state index in [0.29, 0.717) is 18.9 Å². The molecule has 0 aromatic heterocycles. The molecule has 19 heavy (non-hydrogen) atoms. The monoisotopic (exact) mass is 259 g/mol. The Labute approximate surface area is 113 Å². The van der Waals surface area contributed by atoms with Crippen LogP contribution in [0.1, 0.15) is 11.1 Å². The Morgan fingerprint density at radius 1 is 1.05 bits per heavy atom. The Hall–Kier alpha value is -2.03. The molecule has 2 rings (SSSR count). The van der Waals surface area contributed by atoms with Crippen LogP contribution in [0, 0.1) is 19.7 Å². The molecule has 0 unspecified atom stereocenters. The summed E-state index contributed by atoms with van der Waals surface area (Å²) >= 11 is 0. The van der Waals surface area contributed by atoms with Gasteiger partial charge in [-0.15, -0.1) is 0 Å². The van der Waals surface area contributed by atoms with Crippen molar-refractivity contribution < 1.29 is 9.13 Å². The molecule has 2 aromatic carbocycles. The molecule has 2 nitrogen and oxygen atoms in total. The second kappa shape index (κ2) is 6.23. The van der Waals surface area contributed by atoms with E-state index in [4.69, 9.17) is 4.74 Å². The summed E-state index contributed by atoms with van der Waals surface area (Å²) < 4.78 is 18.7.